The first kappa shape index (κ1) is 31.0. The molecule has 2 spiro atoms. The first-order valence-corrected chi connectivity index (χ1v) is 15.9. The third kappa shape index (κ3) is 7.11. The van der Waals surface area contributed by atoms with Gasteiger partial charge in [0.2, 0.25) is 5.91 Å². The molecule has 0 unspecified atom stereocenters. The van der Waals surface area contributed by atoms with Gasteiger partial charge < -0.3 is 25.0 Å². The molecule has 2 aliphatic carbocycles. The summed E-state index contributed by atoms with van der Waals surface area (Å²) in [6.45, 7) is 7.94. The maximum atomic E-state index is 13.6. The Kier molecular flexibility index (Phi) is 10.7. The molecule has 1 heterocycles. The van der Waals surface area contributed by atoms with Crippen molar-refractivity contribution in [1.29, 1.82) is 0 Å². The van der Waals surface area contributed by atoms with Crippen LogP contribution >= 0.6 is 0 Å². The number of aliphatic hydroxyl groups is 1. The molecule has 1 aliphatic heterocycles. The van der Waals surface area contributed by atoms with E-state index in [-0.39, 0.29) is 23.1 Å². The van der Waals surface area contributed by atoms with Crippen LogP contribution in [0, 0.1) is 5.92 Å². The number of carbonyl (C=O) groups excluding carboxylic acids is 2. The molecule has 40 heavy (non-hydrogen) atoms. The summed E-state index contributed by atoms with van der Waals surface area (Å²) in [5, 5.41) is 16.5. The number of aliphatic hydroxyl groups excluding tert-OH is 1. The van der Waals surface area contributed by atoms with Crippen LogP contribution in [-0.4, -0.2) is 53.3 Å². The summed E-state index contributed by atoms with van der Waals surface area (Å²) in [5.41, 5.74) is 1.09. The molecule has 3 fully saturated rings. The molecule has 2 amide bonds. The van der Waals surface area contributed by atoms with Gasteiger partial charge in [0.1, 0.15) is 6.04 Å². The third-order valence-corrected chi connectivity index (χ3v) is 9.30. The maximum absolute atomic E-state index is 13.6. The second-order valence-corrected chi connectivity index (χ2v) is 13.0. The van der Waals surface area contributed by atoms with E-state index in [1.165, 1.54) is 25.3 Å². The second-order valence-electron chi connectivity index (χ2n) is 13.0. The monoisotopic (exact) mass is 554 g/mol. The van der Waals surface area contributed by atoms with Crippen molar-refractivity contribution in [3.8, 4) is 0 Å². The number of unbranched alkanes of at least 4 members (excludes halogenated alkanes) is 1. The van der Waals surface area contributed by atoms with E-state index < -0.39 is 25.2 Å². The Morgan fingerprint density at radius 1 is 0.900 bits per heavy atom. The Morgan fingerprint density at radius 2 is 1.45 bits per heavy atom. The molecule has 1 saturated heterocycles. The van der Waals surface area contributed by atoms with Crippen LogP contribution in [0.15, 0.2) is 24.3 Å². The molecule has 7 nitrogen and oxygen atoms in total. The van der Waals surface area contributed by atoms with Gasteiger partial charge in [-0.05, 0) is 75.5 Å². The van der Waals surface area contributed by atoms with E-state index in [1.807, 2.05) is 12.1 Å². The van der Waals surface area contributed by atoms with E-state index in [2.05, 4.69) is 31.4 Å². The van der Waals surface area contributed by atoms with Crippen LogP contribution < -0.4 is 10.6 Å². The van der Waals surface area contributed by atoms with Gasteiger partial charge in [0.15, 0.2) is 0 Å². The van der Waals surface area contributed by atoms with Crippen molar-refractivity contribution in [3.05, 3.63) is 35.4 Å². The zero-order chi connectivity index (χ0) is 28.8. The Labute approximate surface area is 241 Å². The zero-order valence-corrected chi connectivity index (χ0v) is 25.2. The van der Waals surface area contributed by atoms with Gasteiger partial charge in [-0.3, -0.25) is 9.59 Å². The maximum Gasteiger partial charge on any atom is 0.481 e. The summed E-state index contributed by atoms with van der Waals surface area (Å²) in [5.74, 6) is -0.862. The molecular weight excluding hydrogens is 503 g/mol. The molecule has 0 aromatic heterocycles. The molecule has 3 aliphatic rings. The van der Waals surface area contributed by atoms with E-state index in [9.17, 15) is 14.7 Å². The van der Waals surface area contributed by atoms with E-state index in [1.54, 1.807) is 12.1 Å². The van der Waals surface area contributed by atoms with Crippen molar-refractivity contribution in [2.45, 2.75) is 147 Å². The van der Waals surface area contributed by atoms with E-state index >= 15 is 0 Å². The number of fused-ring (bicyclic) bond motifs is 1. The number of amides is 2. The van der Waals surface area contributed by atoms with Crippen molar-refractivity contribution < 1.29 is 24.0 Å². The lowest BCUT2D eigenvalue weighted by molar-refractivity contribution is -0.125. The first-order chi connectivity index (χ1) is 19.2. The molecule has 1 aromatic rings. The standard InChI is InChI=1S/C32H51BN2O5/c1-5-6-13-25-14-16-26(17-15-25)29(37)35-28(24(4)36)30(38)34-27(22-23(2)3)33-39-31(18-9-7-10-19-31)32(40-33)20-11-8-12-21-32/h14-17,23-24,27-28,36H,5-13,18-22H2,1-4H3,(H,34,38)(H,35,37)/t24-,27+,28+/m1/s1. The third-order valence-electron chi connectivity index (χ3n) is 9.30. The second kappa shape index (κ2) is 13.8. The molecule has 3 N–H and O–H groups in total. The van der Waals surface area contributed by atoms with Gasteiger partial charge in [0.25, 0.3) is 5.91 Å². The van der Waals surface area contributed by atoms with Crippen molar-refractivity contribution >= 4 is 18.9 Å². The van der Waals surface area contributed by atoms with Crippen LogP contribution in [-0.2, 0) is 20.5 Å². The lowest BCUT2D eigenvalue weighted by Gasteiger charge is -2.48. The van der Waals surface area contributed by atoms with Gasteiger partial charge >= 0.3 is 7.12 Å². The quantitative estimate of drug-likeness (QED) is 0.313. The average molecular weight is 555 g/mol. The molecule has 222 valence electrons. The van der Waals surface area contributed by atoms with Crippen molar-refractivity contribution in [3.63, 3.8) is 0 Å². The molecule has 4 rings (SSSR count). The lowest BCUT2D eigenvalue weighted by Crippen LogP contribution is -2.58. The van der Waals surface area contributed by atoms with Gasteiger partial charge in [-0.25, -0.2) is 0 Å². The number of aryl methyl sites for hydroxylation is 1. The highest BCUT2D eigenvalue weighted by atomic mass is 16.7. The fourth-order valence-electron chi connectivity index (χ4n) is 7.09. The van der Waals surface area contributed by atoms with E-state index in [0.29, 0.717) is 17.9 Å². The topological polar surface area (TPSA) is 96.9 Å². The predicted octanol–water partition coefficient (Wildman–Crippen LogP) is 5.52. The number of carbonyl (C=O) groups is 2. The van der Waals surface area contributed by atoms with Gasteiger partial charge in [-0.2, -0.15) is 0 Å². The predicted molar refractivity (Wildman–Crippen MR) is 159 cm³/mol. The van der Waals surface area contributed by atoms with Gasteiger partial charge in [-0.15, -0.1) is 0 Å². The molecular formula is C32H51BN2O5. The Balaban J connectivity index is 1.47. The minimum absolute atomic E-state index is 0.280. The van der Waals surface area contributed by atoms with E-state index in [0.717, 1.165) is 70.6 Å². The Morgan fingerprint density at radius 3 is 1.93 bits per heavy atom. The number of benzene rings is 1. The molecule has 3 atom stereocenters. The lowest BCUT2D eigenvalue weighted by atomic mass is 9.66. The normalized spacial score (nSPS) is 22.3. The van der Waals surface area contributed by atoms with Gasteiger partial charge in [0, 0.05) is 5.56 Å². The van der Waals surface area contributed by atoms with Crippen LogP contribution in [0.1, 0.15) is 127 Å². The van der Waals surface area contributed by atoms with Crippen LogP contribution in [0.2, 0.25) is 0 Å². The van der Waals surface area contributed by atoms with Gasteiger partial charge in [-0.1, -0.05) is 77.8 Å². The van der Waals surface area contributed by atoms with Crippen molar-refractivity contribution in [2.24, 2.45) is 5.92 Å². The minimum Gasteiger partial charge on any atom is -0.401 e. The highest BCUT2D eigenvalue weighted by molar-refractivity contribution is 6.48. The Hall–Kier alpha value is -1.90. The summed E-state index contributed by atoms with van der Waals surface area (Å²) in [7, 11) is -0.538. The van der Waals surface area contributed by atoms with Crippen LogP contribution in [0.25, 0.3) is 0 Å². The summed E-state index contributed by atoms with van der Waals surface area (Å²) in [4.78, 5) is 26.7. The smallest absolute Gasteiger partial charge is 0.401 e. The zero-order valence-electron chi connectivity index (χ0n) is 25.2. The number of hydrogen-bond acceptors (Lipinski definition) is 5. The number of rotatable bonds is 11. The van der Waals surface area contributed by atoms with Gasteiger partial charge in [0.05, 0.1) is 23.2 Å². The summed E-state index contributed by atoms with van der Waals surface area (Å²) < 4.78 is 13.8. The van der Waals surface area contributed by atoms with Crippen LogP contribution in [0.5, 0.6) is 0 Å². The largest absolute Gasteiger partial charge is 0.481 e. The number of nitrogens with one attached hydrogen (secondary N) is 2. The molecule has 2 saturated carbocycles. The SMILES string of the molecule is CCCCc1ccc(C(=O)N[C@H](C(=O)N[C@@H](CC(C)C)B2OC3(CCCCC3)C3(CCCCC3)O2)[C@@H](C)O)cc1. The average Bonchev–Trinajstić information content (AvgIpc) is 3.22. The Bertz CT molecular complexity index is 944. The summed E-state index contributed by atoms with van der Waals surface area (Å²) in [6.07, 6.45) is 13.9. The highest BCUT2D eigenvalue weighted by Gasteiger charge is 2.63. The molecule has 8 heteroatoms. The van der Waals surface area contributed by atoms with Crippen molar-refractivity contribution in [2.75, 3.05) is 0 Å². The summed E-state index contributed by atoms with van der Waals surface area (Å²) in [6, 6.07) is 6.39. The fraction of sp³-hybridized carbons (Fsp3) is 0.750. The van der Waals surface area contributed by atoms with Crippen LogP contribution in [0.3, 0.4) is 0 Å². The minimum atomic E-state index is -1.09. The molecule has 1 aromatic carbocycles. The summed E-state index contributed by atoms with van der Waals surface area (Å²) >= 11 is 0. The fourth-order valence-corrected chi connectivity index (χ4v) is 7.09. The molecule has 0 radical (unpaired) electrons. The highest BCUT2D eigenvalue weighted by Crippen LogP contribution is 2.54. The number of hydrogen-bond donors (Lipinski definition) is 3. The first-order valence-electron chi connectivity index (χ1n) is 15.9. The van der Waals surface area contributed by atoms with Crippen molar-refractivity contribution in [1.82, 2.24) is 10.6 Å². The van der Waals surface area contributed by atoms with E-state index in [4.69, 9.17) is 9.31 Å². The van der Waals surface area contributed by atoms with Crippen LogP contribution in [0.4, 0.5) is 0 Å². The molecule has 0 bridgehead atoms.